The monoisotopic (exact) mass is 268 g/mol. The third-order valence-electron chi connectivity index (χ3n) is 3.96. The van der Waals surface area contributed by atoms with Crippen molar-refractivity contribution in [3.05, 3.63) is 22.6 Å². The fourth-order valence-electron chi connectivity index (χ4n) is 2.90. The van der Waals surface area contributed by atoms with Crippen LogP contribution in [0.4, 0.5) is 0 Å². The second-order valence-corrected chi connectivity index (χ2v) is 5.71. The molecule has 0 bridgehead atoms. The average Bonchev–Trinajstić information content (AvgIpc) is 2.46. The molecule has 2 fully saturated rings. The number of hydrogen-bond donors (Lipinski definition) is 0. The minimum Gasteiger partial charge on any atom is -0.446 e. The Labute approximate surface area is 97.2 Å². The van der Waals surface area contributed by atoms with E-state index in [4.69, 9.17) is 4.42 Å². The molecule has 2 nitrogen and oxygen atoms in total. The molecular formula is C12H13BrO2. The number of carbonyl (C=O) groups excluding carboxylic acids is 1. The molecule has 0 atom stereocenters. The van der Waals surface area contributed by atoms with E-state index < -0.39 is 0 Å². The maximum atomic E-state index is 12.0. The van der Waals surface area contributed by atoms with Gasteiger partial charge in [0.05, 0.1) is 0 Å². The van der Waals surface area contributed by atoms with Gasteiger partial charge in [0.1, 0.15) is 0 Å². The number of rotatable bonds is 2. The van der Waals surface area contributed by atoms with E-state index in [1.807, 2.05) is 0 Å². The second-order valence-electron chi connectivity index (χ2n) is 4.93. The van der Waals surface area contributed by atoms with E-state index in [2.05, 4.69) is 15.9 Å². The largest absolute Gasteiger partial charge is 0.446 e. The van der Waals surface area contributed by atoms with Gasteiger partial charge in [0.2, 0.25) is 5.78 Å². The highest BCUT2D eigenvalue weighted by atomic mass is 79.9. The van der Waals surface area contributed by atoms with Crippen molar-refractivity contribution in [3.8, 4) is 0 Å². The van der Waals surface area contributed by atoms with Gasteiger partial charge in [0, 0.05) is 5.92 Å². The lowest BCUT2D eigenvalue weighted by Gasteiger charge is -2.53. The Morgan fingerprint density at radius 1 is 1.40 bits per heavy atom. The zero-order chi connectivity index (χ0) is 10.5. The van der Waals surface area contributed by atoms with Crippen LogP contribution in [0, 0.1) is 11.3 Å². The summed E-state index contributed by atoms with van der Waals surface area (Å²) in [4.78, 5) is 12.0. The molecule has 0 aliphatic heterocycles. The lowest BCUT2D eigenvalue weighted by molar-refractivity contribution is -0.0161. The SMILES string of the molecule is O=C(c1ccc(Br)o1)C1CC2(CCC2)C1. The van der Waals surface area contributed by atoms with E-state index in [0.717, 1.165) is 12.8 Å². The molecule has 0 amide bonds. The van der Waals surface area contributed by atoms with Crippen LogP contribution in [-0.2, 0) is 0 Å². The summed E-state index contributed by atoms with van der Waals surface area (Å²) < 4.78 is 5.93. The Bertz CT molecular complexity index is 396. The molecule has 0 unspecified atom stereocenters. The molecule has 0 saturated heterocycles. The second kappa shape index (κ2) is 3.21. The molecule has 1 aromatic rings. The highest BCUT2D eigenvalue weighted by Crippen LogP contribution is 2.59. The quantitative estimate of drug-likeness (QED) is 0.764. The number of hydrogen-bond acceptors (Lipinski definition) is 2. The van der Waals surface area contributed by atoms with Gasteiger partial charge in [-0.05, 0) is 59.2 Å². The third kappa shape index (κ3) is 1.48. The van der Waals surface area contributed by atoms with Crippen molar-refractivity contribution in [1.29, 1.82) is 0 Å². The van der Waals surface area contributed by atoms with E-state index >= 15 is 0 Å². The van der Waals surface area contributed by atoms with E-state index in [1.165, 1.54) is 19.3 Å². The topological polar surface area (TPSA) is 30.2 Å². The minimum atomic E-state index is 0.193. The maximum Gasteiger partial charge on any atom is 0.201 e. The Morgan fingerprint density at radius 2 is 2.13 bits per heavy atom. The summed E-state index contributed by atoms with van der Waals surface area (Å²) in [6.07, 6.45) is 6.19. The Balaban J connectivity index is 1.67. The molecule has 80 valence electrons. The summed E-state index contributed by atoms with van der Waals surface area (Å²) >= 11 is 3.22. The summed E-state index contributed by atoms with van der Waals surface area (Å²) in [6.45, 7) is 0. The first kappa shape index (κ1) is 9.64. The van der Waals surface area contributed by atoms with Crippen LogP contribution >= 0.6 is 15.9 Å². The van der Waals surface area contributed by atoms with Gasteiger partial charge in [-0.15, -0.1) is 0 Å². The standard InChI is InChI=1S/C12H13BrO2/c13-10-3-2-9(15-10)11(14)8-6-12(7-8)4-1-5-12/h2-3,8H,1,4-7H2. The first-order chi connectivity index (χ1) is 7.19. The van der Waals surface area contributed by atoms with Gasteiger partial charge in [-0.1, -0.05) is 6.42 Å². The van der Waals surface area contributed by atoms with Crippen molar-refractivity contribution >= 4 is 21.7 Å². The van der Waals surface area contributed by atoms with Crippen LogP contribution in [0.1, 0.15) is 42.7 Å². The van der Waals surface area contributed by atoms with Crippen molar-refractivity contribution in [2.45, 2.75) is 32.1 Å². The fourth-order valence-corrected chi connectivity index (χ4v) is 3.21. The van der Waals surface area contributed by atoms with Crippen molar-refractivity contribution < 1.29 is 9.21 Å². The summed E-state index contributed by atoms with van der Waals surface area (Å²) in [5, 5.41) is 0. The lowest BCUT2D eigenvalue weighted by atomic mass is 9.51. The predicted octanol–water partition coefficient (Wildman–Crippen LogP) is 3.81. The summed E-state index contributed by atoms with van der Waals surface area (Å²) in [6, 6.07) is 3.54. The number of Topliss-reactive ketones (excluding diaryl/α,β-unsaturated/α-hetero) is 1. The summed E-state index contributed by atoms with van der Waals surface area (Å²) in [5.74, 6) is 0.933. The third-order valence-corrected chi connectivity index (χ3v) is 4.39. The number of ketones is 1. The molecule has 0 aromatic carbocycles. The molecule has 1 spiro atoms. The minimum absolute atomic E-state index is 0.193. The number of furan rings is 1. The van der Waals surface area contributed by atoms with Gasteiger partial charge in [0.15, 0.2) is 10.4 Å². The Morgan fingerprint density at radius 3 is 2.60 bits per heavy atom. The lowest BCUT2D eigenvalue weighted by Crippen LogP contribution is -2.45. The van der Waals surface area contributed by atoms with Crippen molar-refractivity contribution in [2.75, 3.05) is 0 Å². The molecule has 0 N–H and O–H groups in total. The van der Waals surface area contributed by atoms with Crippen LogP contribution in [0.3, 0.4) is 0 Å². The van der Waals surface area contributed by atoms with Gasteiger partial charge in [0.25, 0.3) is 0 Å². The van der Waals surface area contributed by atoms with Gasteiger partial charge in [-0.3, -0.25) is 4.79 Å². The summed E-state index contributed by atoms with van der Waals surface area (Å²) in [7, 11) is 0. The van der Waals surface area contributed by atoms with Crippen molar-refractivity contribution in [2.24, 2.45) is 11.3 Å². The van der Waals surface area contributed by atoms with Gasteiger partial charge < -0.3 is 4.42 Å². The molecule has 3 heteroatoms. The fraction of sp³-hybridized carbons (Fsp3) is 0.583. The van der Waals surface area contributed by atoms with E-state index in [0.29, 0.717) is 15.8 Å². The Kier molecular flexibility index (Phi) is 2.06. The maximum absolute atomic E-state index is 12.0. The molecule has 2 aliphatic carbocycles. The van der Waals surface area contributed by atoms with Crippen LogP contribution < -0.4 is 0 Å². The number of carbonyl (C=O) groups is 1. The molecule has 3 rings (SSSR count). The van der Waals surface area contributed by atoms with Gasteiger partial charge in [-0.2, -0.15) is 0 Å². The van der Waals surface area contributed by atoms with Crippen LogP contribution in [0.5, 0.6) is 0 Å². The normalized spacial score (nSPS) is 23.5. The van der Waals surface area contributed by atoms with Gasteiger partial charge in [-0.25, -0.2) is 0 Å². The Hall–Kier alpha value is -0.570. The molecule has 1 heterocycles. The highest BCUT2D eigenvalue weighted by molar-refractivity contribution is 9.10. The van der Waals surface area contributed by atoms with Crippen molar-refractivity contribution in [3.63, 3.8) is 0 Å². The first-order valence-electron chi connectivity index (χ1n) is 5.48. The first-order valence-corrected chi connectivity index (χ1v) is 6.27. The van der Waals surface area contributed by atoms with E-state index in [9.17, 15) is 4.79 Å². The predicted molar refractivity (Wildman–Crippen MR) is 59.7 cm³/mol. The molecule has 2 saturated carbocycles. The average molecular weight is 269 g/mol. The van der Waals surface area contributed by atoms with Gasteiger partial charge >= 0.3 is 0 Å². The van der Waals surface area contributed by atoms with Crippen LogP contribution in [0.2, 0.25) is 0 Å². The van der Waals surface area contributed by atoms with Crippen LogP contribution in [0.25, 0.3) is 0 Å². The zero-order valence-electron chi connectivity index (χ0n) is 8.46. The summed E-state index contributed by atoms with van der Waals surface area (Å²) in [5.41, 5.74) is 0.560. The van der Waals surface area contributed by atoms with Crippen molar-refractivity contribution in [1.82, 2.24) is 0 Å². The molecule has 2 aliphatic rings. The van der Waals surface area contributed by atoms with Crippen LogP contribution in [0.15, 0.2) is 21.2 Å². The number of halogens is 1. The van der Waals surface area contributed by atoms with E-state index in [1.54, 1.807) is 12.1 Å². The smallest absolute Gasteiger partial charge is 0.201 e. The molecular weight excluding hydrogens is 256 g/mol. The zero-order valence-corrected chi connectivity index (χ0v) is 10.0. The highest BCUT2D eigenvalue weighted by Gasteiger charge is 2.50. The molecule has 1 aromatic heterocycles. The van der Waals surface area contributed by atoms with E-state index in [-0.39, 0.29) is 11.7 Å². The van der Waals surface area contributed by atoms with Crippen LogP contribution in [-0.4, -0.2) is 5.78 Å². The molecule has 15 heavy (non-hydrogen) atoms. The molecule has 0 radical (unpaired) electrons.